The highest BCUT2D eigenvalue weighted by Crippen LogP contribution is 2.37. The van der Waals surface area contributed by atoms with Crippen LogP contribution in [0, 0.1) is 5.92 Å². The van der Waals surface area contributed by atoms with Gasteiger partial charge in [0.05, 0.1) is 35.1 Å². The third kappa shape index (κ3) is 4.84. The monoisotopic (exact) mass is 495 g/mol. The van der Waals surface area contributed by atoms with E-state index in [1.807, 2.05) is 28.7 Å². The first-order chi connectivity index (χ1) is 17.5. The molecule has 0 aromatic carbocycles. The summed E-state index contributed by atoms with van der Waals surface area (Å²) in [6.07, 6.45) is 10.4. The molecule has 1 aromatic rings. The number of amides is 2. The molecule has 9 nitrogen and oxygen atoms in total. The van der Waals surface area contributed by atoms with Gasteiger partial charge in [-0.15, -0.1) is 0 Å². The minimum Gasteiger partial charge on any atom is -0.385 e. The Morgan fingerprint density at radius 3 is 2.83 bits per heavy atom. The number of rotatable bonds is 8. The van der Waals surface area contributed by atoms with Gasteiger partial charge in [0.2, 0.25) is 5.91 Å². The van der Waals surface area contributed by atoms with Crippen molar-refractivity contribution in [2.24, 2.45) is 10.9 Å². The number of hydrogen-bond acceptors (Lipinski definition) is 6. The summed E-state index contributed by atoms with van der Waals surface area (Å²) in [5.41, 5.74) is 3.73. The smallest absolute Gasteiger partial charge is 0.281 e. The molecule has 2 saturated heterocycles. The van der Waals surface area contributed by atoms with Crippen LogP contribution in [0.15, 0.2) is 28.9 Å². The van der Waals surface area contributed by atoms with Crippen molar-refractivity contribution in [2.75, 3.05) is 53.6 Å². The number of carbonyl (C=O) groups excluding carboxylic acids is 2. The number of allylic oxidation sites excluding steroid dienone is 2. The molecule has 0 saturated carbocycles. The fourth-order valence-corrected chi connectivity index (χ4v) is 5.78. The number of methoxy groups -OCH3 is 1. The molecule has 3 aliphatic heterocycles. The average molecular weight is 496 g/mol. The Morgan fingerprint density at radius 1 is 1.25 bits per heavy atom. The summed E-state index contributed by atoms with van der Waals surface area (Å²) in [7, 11) is 3.89. The largest absolute Gasteiger partial charge is 0.385 e. The quantitative estimate of drug-likeness (QED) is 0.516. The second-order valence-corrected chi connectivity index (χ2v) is 10.4. The van der Waals surface area contributed by atoms with Crippen LogP contribution in [0.2, 0.25) is 0 Å². The van der Waals surface area contributed by atoms with Crippen LogP contribution in [0.25, 0.3) is 5.57 Å². The molecule has 0 N–H and O–H groups in total. The number of hydrogen-bond donors (Lipinski definition) is 0. The van der Waals surface area contributed by atoms with E-state index in [4.69, 9.17) is 9.47 Å². The number of likely N-dealkylation sites (N-methyl/N-ethyl adjacent to an activating group) is 1. The summed E-state index contributed by atoms with van der Waals surface area (Å²) in [5, 5.41) is 4.59. The maximum Gasteiger partial charge on any atom is 0.281 e. The van der Waals surface area contributed by atoms with Crippen LogP contribution < -0.4 is 0 Å². The van der Waals surface area contributed by atoms with Gasteiger partial charge in [-0.1, -0.05) is 11.6 Å². The molecule has 2 amide bonds. The van der Waals surface area contributed by atoms with Gasteiger partial charge in [-0.25, -0.2) is 4.99 Å². The molecular weight excluding hydrogens is 458 g/mol. The average Bonchev–Trinajstić information content (AvgIpc) is 3.55. The maximum atomic E-state index is 13.7. The number of fused-ring (bicyclic) bond motifs is 3. The first-order valence-electron chi connectivity index (χ1n) is 13.1. The van der Waals surface area contributed by atoms with E-state index in [2.05, 4.69) is 22.0 Å². The fraction of sp³-hybridized carbons (Fsp3) is 0.630. The summed E-state index contributed by atoms with van der Waals surface area (Å²) in [5.74, 6) is -0.495. The predicted octanol–water partition coefficient (Wildman–Crippen LogP) is 2.75. The zero-order valence-electron chi connectivity index (χ0n) is 21.6. The van der Waals surface area contributed by atoms with Crippen LogP contribution in [-0.4, -0.2) is 96.8 Å². The molecule has 4 aliphatic rings. The van der Waals surface area contributed by atoms with E-state index in [9.17, 15) is 9.59 Å². The van der Waals surface area contributed by atoms with Crippen molar-refractivity contribution in [1.29, 1.82) is 0 Å². The van der Waals surface area contributed by atoms with Crippen LogP contribution in [0.1, 0.15) is 61.1 Å². The first kappa shape index (κ1) is 25.0. The number of unbranched alkanes of at least 4 members (excludes halogenated alkanes) is 1. The van der Waals surface area contributed by atoms with Gasteiger partial charge in [0.15, 0.2) is 0 Å². The van der Waals surface area contributed by atoms with E-state index < -0.39 is 0 Å². The zero-order valence-corrected chi connectivity index (χ0v) is 21.6. The molecule has 4 heterocycles. The summed E-state index contributed by atoms with van der Waals surface area (Å²) < 4.78 is 12.7. The van der Waals surface area contributed by atoms with Crippen molar-refractivity contribution in [3.63, 3.8) is 0 Å². The zero-order chi connectivity index (χ0) is 25.2. The standard InChI is InChI=1S/C27H37N5O4/c1-18-14-24-22(25-23(26(33)29-24)16-28-32(25)19-7-12-36-13-8-19)15-21(18)27(34)31-10-6-20(17-31)30(2)9-4-5-11-35-3/h14-16,19-21H,4-13,17H2,1-3H3/t20-,21?/m0/s1. The highest BCUT2D eigenvalue weighted by atomic mass is 16.5. The van der Waals surface area contributed by atoms with Crippen LogP contribution in [0.5, 0.6) is 0 Å². The topological polar surface area (TPSA) is 89.3 Å². The molecule has 1 aromatic heterocycles. The van der Waals surface area contributed by atoms with Crippen LogP contribution in [0.4, 0.5) is 0 Å². The van der Waals surface area contributed by atoms with E-state index >= 15 is 0 Å². The van der Waals surface area contributed by atoms with Crippen LogP contribution in [-0.2, 0) is 14.3 Å². The number of carbonyl (C=O) groups is 2. The van der Waals surface area contributed by atoms with Gasteiger partial charge >= 0.3 is 0 Å². The van der Waals surface area contributed by atoms with Gasteiger partial charge in [-0.05, 0) is 58.7 Å². The van der Waals surface area contributed by atoms with Gasteiger partial charge < -0.3 is 19.3 Å². The number of aliphatic imine (C=N–C) groups is 1. The van der Waals surface area contributed by atoms with Crippen molar-refractivity contribution in [3.8, 4) is 0 Å². The third-order valence-electron chi connectivity index (χ3n) is 7.98. The van der Waals surface area contributed by atoms with Gasteiger partial charge in [-0.2, -0.15) is 5.10 Å². The molecule has 36 heavy (non-hydrogen) atoms. The molecule has 5 rings (SSSR count). The van der Waals surface area contributed by atoms with Gasteiger partial charge in [-0.3, -0.25) is 14.3 Å². The SMILES string of the molecule is COCCCCN(C)[C@H]1CCN(C(=O)C2C=C3C(=NC(=O)c4cnn(C5CCOCC5)c43)C=C2C)C1. The molecule has 9 heteroatoms. The highest BCUT2D eigenvalue weighted by molar-refractivity contribution is 6.36. The van der Waals surface area contributed by atoms with Gasteiger partial charge in [0.1, 0.15) is 0 Å². The third-order valence-corrected chi connectivity index (χ3v) is 7.98. The fourth-order valence-electron chi connectivity index (χ4n) is 5.78. The Bertz CT molecular complexity index is 1100. The molecular formula is C27H37N5O4. The number of ether oxygens (including phenoxy) is 2. The molecule has 1 unspecified atom stereocenters. The summed E-state index contributed by atoms with van der Waals surface area (Å²) in [6, 6.07) is 0.554. The number of nitrogens with zero attached hydrogens (tertiary/aromatic N) is 5. The number of likely N-dealkylation sites (tertiary alicyclic amines) is 1. The minimum absolute atomic E-state index is 0.126. The maximum absolute atomic E-state index is 13.7. The summed E-state index contributed by atoms with van der Waals surface area (Å²) in [6.45, 7) is 6.64. The Balaban J connectivity index is 1.34. The highest BCUT2D eigenvalue weighted by Gasteiger charge is 2.37. The minimum atomic E-state index is -0.358. The molecule has 194 valence electrons. The van der Waals surface area contributed by atoms with Crippen molar-refractivity contribution in [3.05, 3.63) is 35.2 Å². The Morgan fingerprint density at radius 2 is 2.06 bits per heavy atom. The van der Waals surface area contributed by atoms with E-state index in [0.717, 1.165) is 75.2 Å². The summed E-state index contributed by atoms with van der Waals surface area (Å²) in [4.78, 5) is 35.2. The Kier molecular flexibility index (Phi) is 7.50. The number of aromatic nitrogens is 2. The van der Waals surface area contributed by atoms with Crippen molar-refractivity contribution >= 4 is 23.1 Å². The van der Waals surface area contributed by atoms with Crippen molar-refractivity contribution in [2.45, 2.75) is 51.1 Å². The van der Waals surface area contributed by atoms with E-state index in [-0.39, 0.29) is 23.8 Å². The lowest BCUT2D eigenvalue weighted by molar-refractivity contribution is -0.132. The van der Waals surface area contributed by atoms with Gasteiger partial charge in [0, 0.05) is 51.6 Å². The lowest BCUT2D eigenvalue weighted by atomic mass is 9.84. The van der Waals surface area contributed by atoms with Crippen LogP contribution >= 0.6 is 0 Å². The van der Waals surface area contributed by atoms with E-state index in [1.165, 1.54) is 0 Å². The van der Waals surface area contributed by atoms with Crippen molar-refractivity contribution in [1.82, 2.24) is 19.6 Å². The molecule has 0 bridgehead atoms. The lowest BCUT2D eigenvalue weighted by Gasteiger charge is -2.30. The second kappa shape index (κ2) is 10.8. The molecule has 2 atom stereocenters. The van der Waals surface area contributed by atoms with E-state index in [0.29, 0.717) is 30.5 Å². The van der Waals surface area contributed by atoms with Crippen molar-refractivity contribution < 1.29 is 19.1 Å². The Labute approximate surface area is 212 Å². The van der Waals surface area contributed by atoms with E-state index in [1.54, 1.807) is 13.3 Å². The Hall–Kier alpha value is -2.62. The molecule has 0 spiro atoms. The van der Waals surface area contributed by atoms with Crippen LogP contribution in [0.3, 0.4) is 0 Å². The predicted molar refractivity (Wildman–Crippen MR) is 137 cm³/mol. The molecule has 0 radical (unpaired) electrons. The second-order valence-electron chi connectivity index (χ2n) is 10.4. The first-order valence-corrected chi connectivity index (χ1v) is 13.1. The van der Waals surface area contributed by atoms with Gasteiger partial charge in [0.25, 0.3) is 5.91 Å². The lowest BCUT2D eigenvalue weighted by Crippen LogP contribution is -2.40. The summed E-state index contributed by atoms with van der Waals surface area (Å²) >= 11 is 0. The normalized spacial score (nSPS) is 24.4. The molecule has 2 fully saturated rings. The molecule has 1 aliphatic carbocycles.